The molecule has 0 bridgehead atoms. The minimum atomic E-state index is -3.54. The fourth-order valence-electron chi connectivity index (χ4n) is 2.99. The first-order valence-electron chi connectivity index (χ1n) is 9.12. The van der Waals surface area contributed by atoms with Gasteiger partial charge in [-0.1, -0.05) is 18.2 Å². The van der Waals surface area contributed by atoms with E-state index in [1.54, 1.807) is 49.1 Å². The lowest BCUT2D eigenvalue weighted by Gasteiger charge is -2.07. The number of nitrogens with one attached hydrogen (secondary N) is 1. The minimum Gasteiger partial charge on any atom is -0.493 e. The van der Waals surface area contributed by atoms with Gasteiger partial charge in [-0.05, 0) is 30.3 Å². The summed E-state index contributed by atoms with van der Waals surface area (Å²) in [5.74, 6) is 1.80. The van der Waals surface area contributed by atoms with Gasteiger partial charge in [-0.3, -0.25) is 0 Å². The number of rotatable bonds is 8. The van der Waals surface area contributed by atoms with Gasteiger partial charge in [-0.25, -0.2) is 17.7 Å². The molecule has 0 unspecified atom stereocenters. The maximum Gasteiger partial charge on any atom is 0.240 e. The van der Waals surface area contributed by atoms with E-state index in [0.717, 1.165) is 16.2 Å². The first kappa shape index (κ1) is 20.3. The van der Waals surface area contributed by atoms with Crippen molar-refractivity contribution in [1.82, 2.24) is 19.3 Å². The number of hydrogen-bond acceptors (Lipinski definition) is 7. The zero-order valence-electron chi connectivity index (χ0n) is 16.4. The predicted octanol–water partition coefficient (Wildman–Crippen LogP) is 3.00. The SMILES string of the molecule is COc1ccc(-c2nc3scc(CCNS(=O)(=O)c4ccccc4)n3n2)cc1OC. The van der Waals surface area contributed by atoms with Crippen LogP contribution in [0.5, 0.6) is 11.5 Å². The fourth-order valence-corrected chi connectivity index (χ4v) is 4.90. The van der Waals surface area contributed by atoms with E-state index in [1.165, 1.54) is 11.3 Å². The summed E-state index contributed by atoms with van der Waals surface area (Å²) in [5, 5.41) is 6.52. The molecular formula is C20H20N4O4S2. The maximum atomic E-state index is 12.4. The van der Waals surface area contributed by atoms with E-state index in [-0.39, 0.29) is 11.4 Å². The Hall–Kier alpha value is -2.95. The van der Waals surface area contributed by atoms with Crippen LogP contribution in [0.2, 0.25) is 0 Å². The van der Waals surface area contributed by atoms with Gasteiger partial charge in [0.1, 0.15) is 0 Å². The Balaban J connectivity index is 1.51. The van der Waals surface area contributed by atoms with Crippen LogP contribution in [0.15, 0.2) is 58.8 Å². The van der Waals surface area contributed by atoms with Crippen molar-refractivity contribution < 1.29 is 17.9 Å². The number of fused-ring (bicyclic) bond motifs is 1. The highest BCUT2D eigenvalue weighted by molar-refractivity contribution is 7.89. The summed E-state index contributed by atoms with van der Waals surface area (Å²) in [4.78, 5) is 5.56. The summed E-state index contributed by atoms with van der Waals surface area (Å²) >= 11 is 1.46. The van der Waals surface area contributed by atoms with Crippen LogP contribution < -0.4 is 14.2 Å². The van der Waals surface area contributed by atoms with Gasteiger partial charge in [0.15, 0.2) is 17.3 Å². The van der Waals surface area contributed by atoms with Gasteiger partial charge in [-0.2, -0.15) is 4.98 Å². The van der Waals surface area contributed by atoms with Crippen LogP contribution in [-0.4, -0.2) is 43.8 Å². The normalized spacial score (nSPS) is 11.7. The standard InChI is InChI=1S/C20H20N4O4S2/c1-27-17-9-8-14(12-18(17)28-2)19-22-20-24(23-19)15(13-29-20)10-11-21-30(25,26)16-6-4-3-5-7-16/h3-9,12-13,21H,10-11H2,1-2H3. The lowest BCUT2D eigenvalue weighted by molar-refractivity contribution is 0.355. The van der Waals surface area contributed by atoms with Crippen LogP contribution in [0.1, 0.15) is 5.69 Å². The Bertz CT molecular complexity index is 1270. The highest BCUT2D eigenvalue weighted by Crippen LogP contribution is 2.31. The van der Waals surface area contributed by atoms with E-state index < -0.39 is 10.0 Å². The highest BCUT2D eigenvalue weighted by Gasteiger charge is 2.16. The van der Waals surface area contributed by atoms with E-state index in [0.29, 0.717) is 23.7 Å². The minimum absolute atomic E-state index is 0.247. The van der Waals surface area contributed by atoms with Gasteiger partial charge < -0.3 is 9.47 Å². The third-order valence-electron chi connectivity index (χ3n) is 4.52. The van der Waals surface area contributed by atoms with Crippen LogP contribution in [0.25, 0.3) is 16.3 Å². The summed E-state index contributed by atoms with van der Waals surface area (Å²) in [6.07, 6.45) is 0.487. The molecule has 2 heterocycles. The van der Waals surface area contributed by atoms with Crippen molar-refractivity contribution in [3.63, 3.8) is 0 Å². The van der Waals surface area contributed by atoms with Crippen molar-refractivity contribution in [2.45, 2.75) is 11.3 Å². The molecule has 0 fully saturated rings. The van der Waals surface area contributed by atoms with E-state index in [9.17, 15) is 8.42 Å². The van der Waals surface area contributed by atoms with E-state index in [2.05, 4.69) is 14.8 Å². The second kappa shape index (κ2) is 8.42. The molecule has 0 saturated carbocycles. The number of ether oxygens (including phenoxy) is 2. The number of nitrogens with zero attached hydrogens (tertiary/aromatic N) is 3. The van der Waals surface area contributed by atoms with Gasteiger partial charge in [-0.15, -0.1) is 16.4 Å². The average Bonchev–Trinajstić information content (AvgIpc) is 3.35. The Labute approximate surface area is 178 Å². The Kier molecular flexibility index (Phi) is 5.71. The largest absolute Gasteiger partial charge is 0.493 e. The lowest BCUT2D eigenvalue weighted by Crippen LogP contribution is -2.26. The van der Waals surface area contributed by atoms with Crippen molar-refractivity contribution in [2.24, 2.45) is 0 Å². The van der Waals surface area contributed by atoms with E-state index in [4.69, 9.17) is 9.47 Å². The molecule has 0 aliphatic heterocycles. The predicted molar refractivity (Wildman–Crippen MR) is 115 cm³/mol. The van der Waals surface area contributed by atoms with Crippen molar-refractivity contribution >= 4 is 26.3 Å². The second-order valence-corrected chi connectivity index (χ2v) is 8.99. The summed E-state index contributed by atoms with van der Waals surface area (Å²) in [6, 6.07) is 13.8. The Morgan fingerprint density at radius 3 is 2.57 bits per heavy atom. The number of thiazole rings is 1. The molecule has 0 saturated heterocycles. The molecule has 30 heavy (non-hydrogen) atoms. The molecule has 0 radical (unpaired) electrons. The monoisotopic (exact) mass is 444 g/mol. The van der Waals surface area contributed by atoms with E-state index in [1.807, 2.05) is 23.6 Å². The summed E-state index contributed by atoms with van der Waals surface area (Å²) in [6.45, 7) is 0.259. The molecule has 4 aromatic rings. The third-order valence-corrected chi connectivity index (χ3v) is 6.86. The molecule has 2 aromatic carbocycles. The number of aromatic nitrogens is 3. The van der Waals surface area contributed by atoms with Crippen molar-refractivity contribution in [1.29, 1.82) is 0 Å². The molecule has 0 atom stereocenters. The molecule has 0 aliphatic rings. The molecule has 10 heteroatoms. The molecule has 4 rings (SSSR count). The van der Waals surface area contributed by atoms with Gasteiger partial charge in [0, 0.05) is 23.9 Å². The number of sulfonamides is 1. The van der Waals surface area contributed by atoms with Crippen LogP contribution in [0, 0.1) is 0 Å². The highest BCUT2D eigenvalue weighted by atomic mass is 32.2. The van der Waals surface area contributed by atoms with Gasteiger partial charge in [0.25, 0.3) is 0 Å². The van der Waals surface area contributed by atoms with Crippen LogP contribution in [0.3, 0.4) is 0 Å². The number of benzene rings is 2. The molecule has 1 N–H and O–H groups in total. The first-order valence-corrected chi connectivity index (χ1v) is 11.5. The lowest BCUT2D eigenvalue weighted by atomic mass is 10.2. The van der Waals surface area contributed by atoms with Gasteiger partial charge in [0.2, 0.25) is 15.0 Å². The molecular weight excluding hydrogens is 424 g/mol. The fraction of sp³-hybridized carbons (Fsp3) is 0.200. The molecule has 0 aliphatic carbocycles. The maximum absolute atomic E-state index is 12.4. The number of hydrogen-bond donors (Lipinski definition) is 1. The van der Waals surface area contributed by atoms with Crippen molar-refractivity contribution in [2.75, 3.05) is 20.8 Å². The van der Waals surface area contributed by atoms with Crippen molar-refractivity contribution in [3.8, 4) is 22.9 Å². The van der Waals surface area contributed by atoms with Crippen LogP contribution >= 0.6 is 11.3 Å². The Morgan fingerprint density at radius 1 is 1.07 bits per heavy atom. The molecule has 156 valence electrons. The molecule has 8 nitrogen and oxygen atoms in total. The Morgan fingerprint density at radius 2 is 1.83 bits per heavy atom. The van der Waals surface area contributed by atoms with Crippen molar-refractivity contribution in [3.05, 3.63) is 59.6 Å². The molecule has 2 aromatic heterocycles. The zero-order chi connectivity index (χ0) is 21.1. The quantitative estimate of drug-likeness (QED) is 0.449. The summed E-state index contributed by atoms with van der Waals surface area (Å²) < 4.78 is 39.7. The number of methoxy groups -OCH3 is 2. The average molecular weight is 445 g/mol. The zero-order valence-corrected chi connectivity index (χ0v) is 18.0. The summed E-state index contributed by atoms with van der Waals surface area (Å²) in [7, 11) is -0.374. The smallest absolute Gasteiger partial charge is 0.240 e. The van der Waals surface area contributed by atoms with Gasteiger partial charge >= 0.3 is 0 Å². The topological polar surface area (TPSA) is 94.8 Å². The molecule has 0 amide bonds. The third kappa shape index (κ3) is 4.02. The second-order valence-electron chi connectivity index (χ2n) is 6.39. The van der Waals surface area contributed by atoms with Gasteiger partial charge in [0.05, 0.1) is 24.8 Å². The van der Waals surface area contributed by atoms with E-state index >= 15 is 0 Å². The van der Waals surface area contributed by atoms with Crippen LogP contribution in [-0.2, 0) is 16.4 Å². The van der Waals surface area contributed by atoms with Crippen LogP contribution in [0.4, 0.5) is 0 Å². The summed E-state index contributed by atoms with van der Waals surface area (Å²) in [5.41, 5.74) is 1.68. The molecule has 0 spiro atoms. The first-order chi connectivity index (χ1) is 14.5.